The summed E-state index contributed by atoms with van der Waals surface area (Å²) >= 11 is 0. The van der Waals surface area contributed by atoms with Gasteiger partial charge in [0.25, 0.3) is 5.91 Å². The van der Waals surface area contributed by atoms with E-state index in [-0.39, 0.29) is 5.91 Å². The lowest BCUT2D eigenvalue weighted by Gasteiger charge is -2.27. The number of carbonyl (C=O) groups is 1. The first-order chi connectivity index (χ1) is 12.3. The van der Waals surface area contributed by atoms with E-state index < -0.39 is 0 Å². The average Bonchev–Trinajstić information content (AvgIpc) is 2.68. The Kier molecular flexibility index (Phi) is 5.99. The second kappa shape index (κ2) is 8.60. The summed E-state index contributed by atoms with van der Waals surface area (Å²) in [5, 5.41) is 11.2. The number of aromatic nitrogens is 2. The van der Waals surface area contributed by atoms with Gasteiger partial charge >= 0.3 is 0 Å². The number of hydrogen-bond acceptors (Lipinski definition) is 4. The first-order valence-electron chi connectivity index (χ1n) is 9.25. The van der Waals surface area contributed by atoms with Crippen LogP contribution >= 0.6 is 0 Å². The zero-order chi connectivity index (χ0) is 17.5. The summed E-state index contributed by atoms with van der Waals surface area (Å²) < 4.78 is 0. The number of unbranched alkanes of at least 4 members (excludes halogenated alkanes) is 1. The number of nitrogens with zero attached hydrogens (tertiary/aromatic N) is 3. The maximum absolute atomic E-state index is 12.3. The number of carbonyl (C=O) groups excluding carboxylic acids is 1. The molecule has 5 nitrogen and oxygen atoms in total. The molecule has 3 rings (SSSR count). The van der Waals surface area contributed by atoms with Gasteiger partial charge in [-0.05, 0) is 61.9 Å². The smallest absolute Gasteiger partial charge is 0.276 e. The fraction of sp³-hybridized carbons (Fsp3) is 0.450. The summed E-state index contributed by atoms with van der Waals surface area (Å²) in [6, 6.07) is 11.7. The molecule has 0 radical (unpaired) electrons. The van der Waals surface area contributed by atoms with Crippen LogP contribution in [0.3, 0.4) is 0 Å². The van der Waals surface area contributed by atoms with Gasteiger partial charge in [-0.2, -0.15) is 0 Å². The minimum atomic E-state index is -0.223. The molecular weight excluding hydrogens is 312 g/mol. The Balaban J connectivity index is 1.59. The van der Waals surface area contributed by atoms with Crippen LogP contribution in [0.2, 0.25) is 0 Å². The Morgan fingerprint density at radius 3 is 2.44 bits per heavy atom. The van der Waals surface area contributed by atoms with E-state index in [0.29, 0.717) is 5.69 Å². The zero-order valence-electron chi connectivity index (χ0n) is 14.9. The highest BCUT2D eigenvalue weighted by molar-refractivity contribution is 6.02. The molecule has 132 valence electrons. The molecule has 1 aliphatic rings. The van der Waals surface area contributed by atoms with E-state index in [1.54, 1.807) is 6.07 Å². The van der Waals surface area contributed by atoms with Crippen molar-refractivity contribution in [2.75, 3.05) is 23.3 Å². The Hall–Kier alpha value is -2.43. The van der Waals surface area contributed by atoms with E-state index in [4.69, 9.17) is 0 Å². The molecule has 1 fully saturated rings. The Bertz CT molecular complexity index is 676. The van der Waals surface area contributed by atoms with Gasteiger partial charge in [-0.15, -0.1) is 10.2 Å². The molecule has 0 bridgehead atoms. The molecule has 1 aromatic heterocycles. The summed E-state index contributed by atoms with van der Waals surface area (Å²) in [4.78, 5) is 14.6. The topological polar surface area (TPSA) is 58.1 Å². The van der Waals surface area contributed by atoms with Crippen molar-refractivity contribution in [3.63, 3.8) is 0 Å². The predicted molar refractivity (Wildman–Crippen MR) is 101 cm³/mol. The van der Waals surface area contributed by atoms with Gasteiger partial charge in [0.2, 0.25) is 0 Å². The minimum absolute atomic E-state index is 0.223. The molecule has 0 saturated carbocycles. The summed E-state index contributed by atoms with van der Waals surface area (Å²) in [5.41, 5.74) is 2.42. The van der Waals surface area contributed by atoms with Gasteiger partial charge in [0.15, 0.2) is 11.5 Å². The van der Waals surface area contributed by atoms with Crippen molar-refractivity contribution in [1.82, 2.24) is 10.2 Å². The van der Waals surface area contributed by atoms with Gasteiger partial charge in [-0.25, -0.2) is 0 Å². The highest BCUT2D eigenvalue weighted by Gasteiger charge is 2.14. The van der Waals surface area contributed by atoms with E-state index in [1.165, 1.54) is 37.7 Å². The van der Waals surface area contributed by atoms with Crippen molar-refractivity contribution in [3.05, 3.63) is 47.7 Å². The van der Waals surface area contributed by atoms with Crippen molar-refractivity contribution in [1.29, 1.82) is 0 Å². The number of piperidine rings is 1. The molecule has 1 aliphatic heterocycles. The molecule has 2 heterocycles. The van der Waals surface area contributed by atoms with Crippen LogP contribution < -0.4 is 10.2 Å². The molecule has 25 heavy (non-hydrogen) atoms. The highest BCUT2D eigenvalue weighted by atomic mass is 16.1. The molecule has 2 aromatic rings. The number of rotatable bonds is 6. The molecule has 0 aliphatic carbocycles. The third kappa shape index (κ3) is 4.78. The Labute approximate surface area is 149 Å². The lowest BCUT2D eigenvalue weighted by Crippen LogP contribution is -2.30. The van der Waals surface area contributed by atoms with Gasteiger partial charge in [-0.3, -0.25) is 4.79 Å². The van der Waals surface area contributed by atoms with Crippen LogP contribution in [0.4, 0.5) is 11.5 Å². The summed E-state index contributed by atoms with van der Waals surface area (Å²) in [6.45, 7) is 4.22. The van der Waals surface area contributed by atoms with Gasteiger partial charge in [-0.1, -0.05) is 25.5 Å². The maximum Gasteiger partial charge on any atom is 0.276 e. The lowest BCUT2D eigenvalue weighted by molar-refractivity contribution is 0.102. The highest BCUT2D eigenvalue weighted by Crippen LogP contribution is 2.17. The molecule has 0 spiro atoms. The van der Waals surface area contributed by atoms with Crippen molar-refractivity contribution >= 4 is 17.4 Å². The van der Waals surface area contributed by atoms with Crippen molar-refractivity contribution in [3.8, 4) is 0 Å². The van der Waals surface area contributed by atoms with E-state index >= 15 is 0 Å². The average molecular weight is 338 g/mol. The molecule has 1 amide bonds. The van der Waals surface area contributed by atoms with E-state index in [1.807, 2.05) is 18.2 Å². The largest absolute Gasteiger partial charge is 0.355 e. The molecule has 1 saturated heterocycles. The van der Waals surface area contributed by atoms with Crippen LogP contribution in [-0.2, 0) is 6.42 Å². The normalized spacial score (nSPS) is 14.4. The van der Waals surface area contributed by atoms with Crippen LogP contribution in [0.25, 0.3) is 0 Å². The quantitative estimate of drug-likeness (QED) is 0.863. The second-order valence-electron chi connectivity index (χ2n) is 6.58. The van der Waals surface area contributed by atoms with Crippen LogP contribution in [0.15, 0.2) is 36.4 Å². The summed E-state index contributed by atoms with van der Waals surface area (Å²) in [6.07, 6.45) is 7.11. The fourth-order valence-electron chi connectivity index (χ4n) is 3.07. The van der Waals surface area contributed by atoms with Gasteiger partial charge in [0.05, 0.1) is 0 Å². The first kappa shape index (κ1) is 17.4. The predicted octanol–water partition coefficient (Wildman–Crippen LogP) is 4.06. The van der Waals surface area contributed by atoms with Crippen LogP contribution in [0.5, 0.6) is 0 Å². The lowest BCUT2D eigenvalue weighted by atomic mass is 10.1. The third-order valence-corrected chi connectivity index (χ3v) is 4.59. The molecule has 5 heteroatoms. The number of aryl methyl sites for hydroxylation is 1. The number of hydrogen-bond donors (Lipinski definition) is 1. The van der Waals surface area contributed by atoms with Crippen LogP contribution in [0.1, 0.15) is 55.1 Å². The van der Waals surface area contributed by atoms with Gasteiger partial charge in [0, 0.05) is 18.8 Å². The summed E-state index contributed by atoms with van der Waals surface area (Å²) in [5.74, 6) is 0.635. The van der Waals surface area contributed by atoms with Crippen molar-refractivity contribution < 1.29 is 4.79 Å². The maximum atomic E-state index is 12.3. The summed E-state index contributed by atoms with van der Waals surface area (Å²) in [7, 11) is 0. The van der Waals surface area contributed by atoms with E-state index in [0.717, 1.165) is 31.0 Å². The minimum Gasteiger partial charge on any atom is -0.355 e. The van der Waals surface area contributed by atoms with Crippen LogP contribution in [0, 0.1) is 0 Å². The third-order valence-electron chi connectivity index (χ3n) is 4.59. The van der Waals surface area contributed by atoms with Crippen LogP contribution in [-0.4, -0.2) is 29.2 Å². The molecule has 1 N–H and O–H groups in total. The Morgan fingerprint density at radius 1 is 1.04 bits per heavy atom. The van der Waals surface area contributed by atoms with E-state index in [2.05, 4.69) is 39.5 Å². The van der Waals surface area contributed by atoms with Gasteiger partial charge in [0.1, 0.15) is 0 Å². The monoisotopic (exact) mass is 338 g/mol. The first-order valence-corrected chi connectivity index (χ1v) is 9.25. The van der Waals surface area contributed by atoms with Crippen molar-refractivity contribution in [2.45, 2.75) is 45.4 Å². The molecule has 1 aromatic carbocycles. The molecule has 0 atom stereocenters. The molecular formula is C20H26N4O. The molecule has 0 unspecified atom stereocenters. The van der Waals surface area contributed by atoms with Gasteiger partial charge < -0.3 is 10.2 Å². The number of anilines is 2. The zero-order valence-corrected chi connectivity index (χ0v) is 14.9. The van der Waals surface area contributed by atoms with E-state index in [9.17, 15) is 4.79 Å². The Morgan fingerprint density at radius 2 is 1.80 bits per heavy atom. The number of nitrogens with one attached hydrogen (secondary N) is 1. The SMILES string of the molecule is CCCCc1ccc(NC(=O)c2ccc(N3CCCCC3)nn2)cc1. The van der Waals surface area contributed by atoms with Crippen molar-refractivity contribution in [2.24, 2.45) is 0 Å². The standard InChI is InChI=1S/C20H26N4O/c1-2-3-7-16-8-10-17(11-9-16)21-20(25)18-12-13-19(23-22-18)24-14-5-4-6-15-24/h8-13H,2-7,14-15H2,1H3,(H,21,25). The number of benzene rings is 1. The fourth-order valence-corrected chi connectivity index (χ4v) is 3.07. The number of amides is 1. The second-order valence-corrected chi connectivity index (χ2v) is 6.58.